The predicted octanol–water partition coefficient (Wildman–Crippen LogP) is 1.44. The average molecular weight is 272 g/mol. The lowest BCUT2D eigenvalue weighted by Gasteiger charge is -2.12. The first-order valence-electron chi connectivity index (χ1n) is 6.19. The van der Waals surface area contributed by atoms with E-state index in [0.29, 0.717) is 17.9 Å². The Morgan fingerprint density at radius 1 is 1.40 bits per heavy atom. The van der Waals surface area contributed by atoms with Crippen molar-refractivity contribution in [2.24, 2.45) is 0 Å². The highest BCUT2D eigenvalue weighted by molar-refractivity contribution is 5.82. The molecule has 0 aliphatic rings. The molecule has 0 aliphatic heterocycles. The first kappa shape index (κ1) is 14.0. The van der Waals surface area contributed by atoms with Crippen molar-refractivity contribution in [1.29, 1.82) is 0 Å². The number of aliphatic hydroxyl groups is 1. The van der Waals surface area contributed by atoms with Crippen LogP contribution in [0.25, 0.3) is 0 Å². The number of pyridine rings is 1. The lowest BCUT2D eigenvalue weighted by atomic mass is 10.1. The highest BCUT2D eigenvalue weighted by atomic mass is 16.5. The number of nitrogens with one attached hydrogen (secondary N) is 1. The Balaban J connectivity index is 1.98. The molecule has 0 fully saturated rings. The van der Waals surface area contributed by atoms with Crippen LogP contribution in [0, 0.1) is 0 Å². The molecule has 0 aliphatic carbocycles. The van der Waals surface area contributed by atoms with E-state index >= 15 is 0 Å². The van der Waals surface area contributed by atoms with Gasteiger partial charge in [0.2, 0.25) is 0 Å². The molecule has 1 aromatic carbocycles. The van der Waals surface area contributed by atoms with Gasteiger partial charge in [-0.3, -0.25) is 9.78 Å². The van der Waals surface area contributed by atoms with Crippen molar-refractivity contribution in [2.45, 2.75) is 12.6 Å². The molecule has 104 valence electrons. The Bertz CT molecular complexity index is 572. The highest BCUT2D eigenvalue weighted by Gasteiger charge is 2.17. The Hall–Kier alpha value is -2.40. The zero-order chi connectivity index (χ0) is 14.4. The second-order valence-electron chi connectivity index (χ2n) is 4.26. The number of hydrogen-bond acceptors (Lipinski definition) is 4. The van der Waals surface area contributed by atoms with Crippen LogP contribution < -0.4 is 10.1 Å². The topological polar surface area (TPSA) is 71.5 Å². The highest BCUT2D eigenvalue weighted by Crippen LogP contribution is 2.19. The molecule has 0 saturated heterocycles. The quantitative estimate of drug-likeness (QED) is 0.864. The third-order valence-electron chi connectivity index (χ3n) is 2.85. The number of carbonyl (C=O) groups is 1. The van der Waals surface area contributed by atoms with Crippen molar-refractivity contribution in [3.8, 4) is 5.75 Å². The number of carbonyl (C=O) groups excluding carboxylic acids is 1. The van der Waals surface area contributed by atoms with Gasteiger partial charge >= 0.3 is 0 Å². The maximum Gasteiger partial charge on any atom is 0.253 e. The number of methoxy groups -OCH3 is 1. The van der Waals surface area contributed by atoms with Crippen LogP contribution >= 0.6 is 0 Å². The molecule has 20 heavy (non-hydrogen) atoms. The monoisotopic (exact) mass is 272 g/mol. The third kappa shape index (κ3) is 3.55. The fourth-order valence-electron chi connectivity index (χ4n) is 1.75. The van der Waals surface area contributed by atoms with Crippen LogP contribution in [0.2, 0.25) is 0 Å². The molecule has 2 aromatic rings. The zero-order valence-corrected chi connectivity index (χ0v) is 11.1. The SMILES string of the molecule is COc1cccc(C(O)C(=O)NCc2cccnc2)c1. The molecule has 0 bridgehead atoms. The van der Waals surface area contributed by atoms with Gasteiger partial charge in [-0.25, -0.2) is 0 Å². The molecule has 0 spiro atoms. The Morgan fingerprint density at radius 3 is 2.95 bits per heavy atom. The van der Waals surface area contributed by atoms with Crippen molar-refractivity contribution in [3.63, 3.8) is 0 Å². The fourth-order valence-corrected chi connectivity index (χ4v) is 1.75. The summed E-state index contributed by atoms with van der Waals surface area (Å²) < 4.78 is 5.06. The Kier molecular flexibility index (Phi) is 4.68. The summed E-state index contributed by atoms with van der Waals surface area (Å²) in [5.41, 5.74) is 1.37. The van der Waals surface area contributed by atoms with Crippen LogP contribution in [0.3, 0.4) is 0 Å². The van der Waals surface area contributed by atoms with Gasteiger partial charge in [0.25, 0.3) is 5.91 Å². The van der Waals surface area contributed by atoms with Gasteiger partial charge in [0.15, 0.2) is 6.10 Å². The molecule has 1 unspecified atom stereocenters. The number of hydrogen-bond donors (Lipinski definition) is 2. The Labute approximate surface area is 117 Å². The number of amides is 1. The van der Waals surface area contributed by atoms with Gasteiger partial charge in [0.1, 0.15) is 5.75 Å². The molecule has 5 nitrogen and oxygen atoms in total. The van der Waals surface area contributed by atoms with Crippen molar-refractivity contribution in [3.05, 3.63) is 59.9 Å². The molecule has 0 radical (unpaired) electrons. The van der Waals surface area contributed by atoms with E-state index in [1.54, 1.807) is 42.7 Å². The first-order chi connectivity index (χ1) is 9.70. The lowest BCUT2D eigenvalue weighted by molar-refractivity contribution is -0.129. The van der Waals surface area contributed by atoms with E-state index in [-0.39, 0.29) is 0 Å². The molecular formula is C15H16N2O3. The average Bonchev–Trinajstić information content (AvgIpc) is 2.53. The largest absolute Gasteiger partial charge is 0.497 e. The number of aromatic nitrogens is 1. The third-order valence-corrected chi connectivity index (χ3v) is 2.85. The van der Waals surface area contributed by atoms with Gasteiger partial charge in [-0.05, 0) is 29.3 Å². The number of benzene rings is 1. The summed E-state index contributed by atoms with van der Waals surface area (Å²) >= 11 is 0. The Morgan fingerprint density at radius 2 is 2.25 bits per heavy atom. The molecule has 1 amide bonds. The van der Waals surface area contributed by atoms with Gasteiger partial charge in [0.05, 0.1) is 7.11 Å². The van der Waals surface area contributed by atoms with E-state index in [2.05, 4.69) is 10.3 Å². The molecule has 1 atom stereocenters. The van der Waals surface area contributed by atoms with E-state index in [0.717, 1.165) is 5.56 Å². The van der Waals surface area contributed by atoms with Crippen LogP contribution in [0.1, 0.15) is 17.2 Å². The molecule has 2 N–H and O–H groups in total. The van der Waals surface area contributed by atoms with Gasteiger partial charge in [-0.15, -0.1) is 0 Å². The van der Waals surface area contributed by atoms with Gasteiger partial charge < -0.3 is 15.2 Å². The normalized spacial score (nSPS) is 11.7. The summed E-state index contributed by atoms with van der Waals surface area (Å²) in [5.74, 6) is 0.142. The standard InChI is InChI=1S/C15H16N2O3/c1-20-13-6-2-5-12(8-13)14(18)15(19)17-10-11-4-3-7-16-9-11/h2-9,14,18H,10H2,1H3,(H,17,19). The van der Waals surface area contributed by atoms with E-state index in [1.807, 2.05) is 6.07 Å². The van der Waals surface area contributed by atoms with Gasteiger partial charge in [-0.1, -0.05) is 18.2 Å². The number of aliphatic hydroxyl groups excluding tert-OH is 1. The molecule has 0 saturated carbocycles. The minimum atomic E-state index is -1.22. The minimum absolute atomic E-state index is 0.327. The molecule has 2 rings (SSSR count). The van der Waals surface area contributed by atoms with Crippen LogP contribution in [-0.2, 0) is 11.3 Å². The van der Waals surface area contributed by atoms with Crippen molar-refractivity contribution < 1.29 is 14.6 Å². The first-order valence-corrected chi connectivity index (χ1v) is 6.19. The van der Waals surface area contributed by atoms with Crippen molar-refractivity contribution >= 4 is 5.91 Å². The summed E-state index contributed by atoms with van der Waals surface area (Å²) in [6, 6.07) is 10.4. The predicted molar refractivity (Wildman–Crippen MR) is 74.0 cm³/mol. The van der Waals surface area contributed by atoms with Gasteiger partial charge in [0, 0.05) is 18.9 Å². The summed E-state index contributed by atoms with van der Waals surface area (Å²) in [6.07, 6.45) is 2.11. The number of nitrogens with zero attached hydrogens (tertiary/aromatic N) is 1. The van der Waals surface area contributed by atoms with E-state index in [1.165, 1.54) is 7.11 Å². The fraction of sp³-hybridized carbons (Fsp3) is 0.200. The lowest BCUT2D eigenvalue weighted by Crippen LogP contribution is -2.28. The summed E-state index contributed by atoms with van der Waals surface area (Å²) in [4.78, 5) is 15.9. The van der Waals surface area contributed by atoms with Crippen molar-refractivity contribution in [2.75, 3.05) is 7.11 Å². The van der Waals surface area contributed by atoms with Crippen LogP contribution in [-0.4, -0.2) is 23.1 Å². The maximum atomic E-state index is 11.9. The molecular weight excluding hydrogens is 256 g/mol. The van der Waals surface area contributed by atoms with E-state index in [9.17, 15) is 9.90 Å². The molecule has 1 heterocycles. The molecule has 5 heteroatoms. The summed E-state index contributed by atoms with van der Waals surface area (Å²) in [5, 5.41) is 12.7. The van der Waals surface area contributed by atoms with E-state index in [4.69, 9.17) is 4.74 Å². The van der Waals surface area contributed by atoms with Crippen LogP contribution in [0.5, 0.6) is 5.75 Å². The number of ether oxygens (including phenoxy) is 1. The maximum absolute atomic E-state index is 11.9. The van der Waals surface area contributed by atoms with Crippen LogP contribution in [0.4, 0.5) is 0 Å². The smallest absolute Gasteiger partial charge is 0.253 e. The summed E-state index contributed by atoms with van der Waals surface area (Å²) in [6.45, 7) is 0.327. The zero-order valence-electron chi connectivity index (χ0n) is 11.1. The second kappa shape index (κ2) is 6.68. The van der Waals surface area contributed by atoms with Crippen molar-refractivity contribution in [1.82, 2.24) is 10.3 Å². The van der Waals surface area contributed by atoms with Crippen LogP contribution in [0.15, 0.2) is 48.8 Å². The van der Waals surface area contributed by atoms with Gasteiger partial charge in [-0.2, -0.15) is 0 Å². The molecule has 1 aromatic heterocycles. The van der Waals surface area contributed by atoms with E-state index < -0.39 is 12.0 Å². The summed E-state index contributed by atoms with van der Waals surface area (Å²) in [7, 11) is 1.54. The minimum Gasteiger partial charge on any atom is -0.497 e. The second-order valence-corrected chi connectivity index (χ2v) is 4.26. The number of rotatable bonds is 5.